The van der Waals surface area contributed by atoms with E-state index in [1.54, 1.807) is 12.1 Å². The molecular formula is C21H17F3N6O2. The number of pyridine rings is 1. The molecular weight excluding hydrogens is 425 g/mol. The second-order valence-electron chi connectivity index (χ2n) is 7.10. The van der Waals surface area contributed by atoms with Gasteiger partial charge in [0.2, 0.25) is 0 Å². The molecule has 3 N–H and O–H groups in total. The SMILES string of the molecule is CNC(=O)c1cncnc1Nc1cc(Nc2ccc3c(c2)CC(=O)C3)ncc1C(F)(F)F. The summed E-state index contributed by atoms with van der Waals surface area (Å²) < 4.78 is 40.7. The van der Waals surface area contributed by atoms with Gasteiger partial charge in [0.05, 0.1) is 11.3 Å². The number of carbonyl (C=O) groups is 2. The van der Waals surface area contributed by atoms with Crippen LogP contribution in [0.25, 0.3) is 0 Å². The predicted octanol–water partition coefficient (Wildman–Crippen LogP) is 3.40. The van der Waals surface area contributed by atoms with E-state index in [9.17, 15) is 22.8 Å². The number of Topliss-reactive ketones (excluding diaryl/α,β-unsaturated/α-hetero) is 1. The first kappa shape index (κ1) is 21.2. The van der Waals surface area contributed by atoms with Gasteiger partial charge in [-0.3, -0.25) is 9.59 Å². The highest BCUT2D eigenvalue weighted by Crippen LogP contribution is 2.37. The third-order valence-corrected chi connectivity index (χ3v) is 4.90. The van der Waals surface area contributed by atoms with E-state index in [0.29, 0.717) is 24.7 Å². The van der Waals surface area contributed by atoms with Gasteiger partial charge in [-0.1, -0.05) is 6.07 Å². The van der Waals surface area contributed by atoms with Gasteiger partial charge in [0.25, 0.3) is 5.91 Å². The lowest BCUT2D eigenvalue weighted by Crippen LogP contribution is -2.20. The number of fused-ring (bicyclic) bond motifs is 1. The molecule has 0 radical (unpaired) electrons. The summed E-state index contributed by atoms with van der Waals surface area (Å²) in [6, 6.07) is 6.50. The monoisotopic (exact) mass is 442 g/mol. The van der Waals surface area contributed by atoms with Crippen LogP contribution in [0.5, 0.6) is 0 Å². The standard InChI is InChI=1S/C21H17F3N6O2/c1-25-20(32)15-8-26-10-28-19(15)30-17-7-18(27-9-16(17)21(22,23)24)29-13-3-2-11-5-14(31)6-12(11)4-13/h2-4,7-10H,5-6H2,1H3,(H,25,32)(H2,26,27,28,29,30). The number of halogens is 3. The second kappa shape index (κ2) is 8.25. The number of hydrogen-bond acceptors (Lipinski definition) is 7. The molecule has 0 unspecified atom stereocenters. The normalized spacial score (nSPS) is 12.9. The van der Waals surface area contributed by atoms with E-state index in [1.807, 2.05) is 6.07 Å². The van der Waals surface area contributed by atoms with Gasteiger partial charge in [-0.15, -0.1) is 0 Å². The van der Waals surface area contributed by atoms with E-state index in [2.05, 4.69) is 30.9 Å². The average Bonchev–Trinajstić information content (AvgIpc) is 3.12. The summed E-state index contributed by atoms with van der Waals surface area (Å²) in [4.78, 5) is 35.2. The van der Waals surface area contributed by atoms with E-state index < -0.39 is 17.6 Å². The molecule has 0 atom stereocenters. The lowest BCUT2D eigenvalue weighted by Gasteiger charge is -2.17. The minimum atomic E-state index is -4.69. The van der Waals surface area contributed by atoms with Gasteiger partial charge in [0, 0.05) is 44.0 Å². The van der Waals surface area contributed by atoms with Gasteiger partial charge in [0.15, 0.2) is 0 Å². The average molecular weight is 442 g/mol. The first-order chi connectivity index (χ1) is 15.2. The summed E-state index contributed by atoms with van der Waals surface area (Å²) in [6.45, 7) is 0. The Bertz CT molecular complexity index is 1210. The Morgan fingerprint density at radius 2 is 1.81 bits per heavy atom. The molecule has 0 bridgehead atoms. The van der Waals surface area contributed by atoms with Gasteiger partial charge < -0.3 is 16.0 Å². The number of rotatable bonds is 5. The summed E-state index contributed by atoms with van der Waals surface area (Å²) in [5, 5.41) is 7.93. The van der Waals surface area contributed by atoms with Crippen molar-refractivity contribution in [3.8, 4) is 0 Å². The van der Waals surface area contributed by atoms with Gasteiger partial charge in [-0.2, -0.15) is 13.2 Å². The highest BCUT2D eigenvalue weighted by atomic mass is 19.4. The lowest BCUT2D eigenvalue weighted by atomic mass is 10.1. The Labute approximate surface area is 180 Å². The van der Waals surface area contributed by atoms with Crippen molar-refractivity contribution in [3.05, 3.63) is 65.2 Å². The van der Waals surface area contributed by atoms with Crippen molar-refractivity contribution in [1.82, 2.24) is 20.3 Å². The third-order valence-electron chi connectivity index (χ3n) is 4.90. The number of benzene rings is 1. The molecule has 4 rings (SSSR count). The fraction of sp³-hybridized carbons (Fsp3) is 0.190. The molecule has 1 aliphatic rings. The maximum Gasteiger partial charge on any atom is 0.419 e. The molecule has 164 valence electrons. The number of alkyl halides is 3. The molecule has 0 fully saturated rings. The van der Waals surface area contributed by atoms with Crippen LogP contribution in [-0.4, -0.2) is 33.7 Å². The molecule has 0 saturated heterocycles. The Morgan fingerprint density at radius 1 is 1.03 bits per heavy atom. The van der Waals surface area contributed by atoms with E-state index in [-0.39, 0.29) is 28.7 Å². The van der Waals surface area contributed by atoms with E-state index in [1.165, 1.54) is 19.3 Å². The number of hydrogen-bond donors (Lipinski definition) is 3. The zero-order chi connectivity index (χ0) is 22.9. The van der Waals surface area contributed by atoms with Crippen molar-refractivity contribution in [2.75, 3.05) is 17.7 Å². The third kappa shape index (κ3) is 4.36. The summed E-state index contributed by atoms with van der Waals surface area (Å²) >= 11 is 0. The van der Waals surface area contributed by atoms with Crippen molar-refractivity contribution >= 4 is 34.7 Å². The zero-order valence-corrected chi connectivity index (χ0v) is 16.7. The van der Waals surface area contributed by atoms with Crippen LogP contribution in [0.1, 0.15) is 27.0 Å². The Hall–Kier alpha value is -4.02. The number of anilines is 4. The van der Waals surface area contributed by atoms with Crippen LogP contribution in [0.4, 0.5) is 36.2 Å². The lowest BCUT2D eigenvalue weighted by molar-refractivity contribution is -0.137. The quantitative estimate of drug-likeness (QED) is 0.556. The van der Waals surface area contributed by atoms with Crippen LogP contribution < -0.4 is 16.0 Å². The molecule has 1 aromatic carbocycles. The second-order valence-corrected chi connectivity index (χ2v) is 7.10. The van der Waals surface area contributed by atoms with Gasteiger partial charge in [-0.25, -0.2) is 15.0 Å². The van der Waals surface area contributed by atoms with E-state index in [0.717, 1.165) is 17.5 Å². The molecule has 0 saturated carbocycles. The van der Waals surface area contributed by atoms with Gasteiger partial charge in [-0.05, 0) is 23.3 Å². The Kier molecular flexibility index (Phi) is 5.47. The number of carbonyl (C=O) groups excluding carboxylic acids is 2. The van der Waals surface area contributed by atoms with Crippen LogP contribution in [0.2, 0.25) is 0 Å². The zero-order valence-electron chi connectivity index (χ0n) is 16.7. The van der Waals surface area contributed by atoms with Crippen molar-refractivity contribution < 1.29 is 22.8 Å². The molecule has 0 aliphatic heterocycles. The number of ketones is 1. The topological polar surface area (TPSA) is 109 Å². The number of nitrogens with zero attached hydrogens (tertiary/aromatic N) is 3. The highest BCUT2D eigenvalue weighted by Gasteiger charge is 2.35. The number of aromatic nitrogens is 3. The maximum absolute atomic E-state index is 13.6. The Balaban J connectivity index is 1.68. The molecule has 3 aromatic rings. The summed E-state index contributed by atoms with van der Waals surface area (Å²) in [7, 11) is 1.39. The van der Waals surface area contributed by atoms with Gasteiger partial charge >= 0.3 is 6.18 Å². The smallest absolute Gasteiger partial charge is 0.355 e. The first-order valence-corrected chi connectivity index (χ1v) is 9.51. The molecule has 0 spiro atoms. The summed E-state index contributed by atoms with van der Waals surface area (Å²) in [5.74, 6) is -0.381. The molecule has 11 heteroatoms. The summed E-state index contributed by atoms with van der Waals surface area (Å²) in [6.07, 6.45) is -0.963. The van der Waals surface area contributed by atoms with E-state index >= 15 is 0 Å². The molecule has 32 heavy (non-hydrogen) atoms. The van der Waals surface area contributed by atoms with E-state index in [4.69, 9.17) is 0 Å². The fourth-order valence-corrected chi connectivity index (χ4v) is 3.39. The van der Waals surface area contributed by atoms with Crippen molar-refractivity contribution in [3.63, 3.8) is 0 Å². The summed E-state index contributed by atoms with van der Waals surface area (Å²) in [5.41, 5.74) is 1.02. The molecule has 8 nitrogen and oxygen atoms in total. The number of amides is 1. The van der Waals surface area contributed by atoms with Crippen molar-refractivity contribution in [1.29, 1.82) is 0 Å². The minimum Gasteiger partial charge on any atom is -0.355 e. The fourth-order valence-electron chi connectivity index (χ4n) is 3.39. The van der Waals surface area contributed by atoms with Crippen LogP contribution >= 0.6 is 0 Å². The molecule has 1 aliphatic carbocycles. The van der Waals surface area contributed by atoms with Crippen LogP contribution in [-0.2, 0) is 23.8 Å². The Morgan fingerprint density at radius 3 is 2.56 bits per heavy atom. The van der Waals surface area contributed by atoms with Crippen molar-refractivity contribution in [2.45, 2.75) is 19.0 Å². The maximum atomic E-state index is 13.6. The molecule has 1 amide bonds. The first-order valence-electron chi connectivity index (χ1n) is 9.51. The molecule has 2 heterocycles. The van der Waals surface area contributed by atoms with Crippen LogP contribution in [0.3, 0.4) is 0 Å². The van der Waals surface area contributed by atoms with Crippen LogP contribution in [0, 0.1) is 0 Å². The van der Waals surface area contributed by atoms with Crippen molar-refractivity contribution in [2.24, 2.45) is 0 Å². The highest BCUT2D eigenvalue weighted by molar-refractivity contribution is 5.99. The predicted molar refractivity (Wildman–Crippen MR) is 110 cm³/mol. The molecule has 2 aromatic heterocycles. The van der Waals surface area contributed by atoms with Crippen LogP contribution in [0.15, 0.2) is 43.0 Å². The minimum absolute atomic E-state index is 0.0160. The number of nitrogens with one attached hydrogen (secondary N) is 3. The van der Waals surface area contributed by atoms with Gasteiger partial charge in [0.1, 0.15) is 29.3 Å². The largest absolute Gasteiger partial charge is 0.419 e.